The maximum Gasteiger partial charge on any atom is 0.225 e. The molecule has 0 aromatic carbocycles. The predicted molar refractivity (Wildman–Crippen MR) is 100.0 cm³/mol. The lowest BCUT2D eigenvalue weighted by atomic mass is 9.80. The largest absolute Gasteiger partial charge is 0.347 e. The van der Waals surface area contributed by atoms with Crippen molar-refractivity contribution < 1.29 is 19.1 Å². The van der Waals surface area contributed by atoms with Gasteiger partial charge < -0.3 is 24.2 Å². The third-order valence-corrected chi connectivity index (χ3v) is 6.89. The SMILES string of the molecule is CN1CCN(C(=O)C2CCC(C(=O)N3CCC4(CC3)OCCO4)CC2)CC1. The van der Waals surface area contributed by atoms with Crippen molar-refractivity contribution in [1.29, 1.82) is 0 Å². The minimum Gasteiger partial charge on any atom is -0.347 e. The number of likely N-dealkylation sites (N-methyl/N-ethyl adjacent to an activating group) is 1. The topological polar surface area (TPSA) is 62.3 Å². The highest BCUT2D eigenvalue weighted by Gasteiger charge is 2.42. The van der Waals surface area contributed by atoms with Gasteiger partial charge in [-0.15, -0.1) is 0 Å². The monoisotopic (exact) mass is 379 g/mol. The number of amides is 2. The number of hydrogen-bond donors (Lipinski definition) is 0. The molecule has 0 unspecified atom stereocenters. The van der Waals surface area contributed by atoms with Crippen LogP contribution in [-0.2, 0) is 19.1 Å². The molecule has 152 valence electrons. The lowest BCUT2D eigenvalue weighted by Crippen LogP contribution is -2.50. The zero-order valence-electron chi connectivity index (χ0n) is 16.5. The van der Waals surface area contributed by atoms with Crippen LogP contribution in [0.4, 0.5) is 0 Å². The van der Waals surface area contributed by atoms with Crippen molar-refractivity contribution >= 4 is 11.8 Å². The standard InChI is InChI=1S/C20H33N3O4/c1-21-10-12-23(13-11-21)19(25)17-4-2-16(3-5-17)18(24)22-8-6-20(7-9-22)26-14-15-27-20/h16-17H,2-15H2,1H3. The van der Waals surface area contributed by atoms with Gasteiger partial charge in [0.1, 0.15) is 0 Å². The Hall–Kier alpha value is -1.18. The summed E-state index contributed by atoms with van der Waals surface area (Å²) >= 11 is 0. The number of carbonyl (C=O) groups excluding carboxylic acids is 2. The fourth-order valence-electron chi connectivity index (χ4n) is 4.98. The summed E-state index contributed by atoms with van der Waals surface area (Å²) in [6, 6.07) is 0. The minimum absolute atomic E-state index is 0.0843. The van der Waals surface area contributed by atoms with Crippen molar-refractivity contribution in [3.8, 4) is 0 Å². The fourth-order valence-corrected chi connectivity index (χ4v) is 4.98. The van der Waals surface area contributed by atoms with Crippen LogP contribution in [0.15, 0.2) is 0 Å². The number of carbonyl (C=O) groups is 2. The van der Waals surface area contributed by atoms with Crippen LogP contribution in [0.3, 0.4) is 0 Å². The smallest absolute Gasteiger partial charge is 0.225 e. The molecule has 4 fully saturated rings. The van der Waals surface area contributed by atoms with E-state index in [-0.39, 0.29) is 17.7 Å². The number of rotatable bonds is 2. The van der Waals surface area contributed by atoms with E-state index in [9.17, 15) is 9.59 Å². The molecule has 0 aromatic rings. The van der Waals surface area contributed by atoms with Gasteiger partial charge in [-0.05, 0) is 32.7 Å². The van der Waals surface area contributed by atoms with Gasteiger partial charge in [-0.2, -0.15) is 0 Å². The van der Waals surface area contributed by atoms with Gasteiger partial charge in [-0.1, -0.05) is 0 Å². The summed E-state index contributed by atoms with van der Waals surface area (Å²) < 4.78 is 11.5. The van der Waals surface area contributed by atoms with Crippen molar-refractivity contribution in [1.82, 2.24) is 14.7 Å². The Kier molecular flexibility index (Phi) is 5.71. The second-order valence-electron chi connectivity index (χ2n) is 8.61. The predicted octanol–water partition coefficient (Wildman–Crippen LogP) is 0.932. The quantitative estimate of drug-likeness (QED) is 0.714. The van der Waals surface area contributed by atoms with E-state index in [0.717, 1.165) is 77.8 Å². The summed E-state index contributed by atoms with van der Waals surface area (Å²) in [5.74, 6) is 0.352. The number of ether oxygens (including phenoxy) is 2. The zero-order valence-corrected chi connectivity index (χ0v) is 16.5. The number of piperidine rings is 1. The number of nitrogens with zero attached hydrogens (tertiary/aromatic N) is 3. The minimum atomic E-state index is -0.427. The normalized spacial score (nSPS) is 32.0. The third kappa shape index (κ3) is 4.15. The molecule has 4 rings (SSSR count). The van der Waals surface area contributed by atoms with Gasteiger partial charge in [0.25, 0.3) is 0 Å². The van der Waals surface area contributed by atoms with Crippen LogP contribution in [0.25, 0.3) is 0 Å². The molecule has 3 saturated heterocycles. The number of hydrogen-bond acceptors (Lipinski definition) is 5. The van der Waals surface area contributed by atoms with Crippen LogP contribution in [0.1, 0.15) is 38.5 Å². The van der Waals surface area contributed by atoms with Crippen molar-refractivity contribution in [3.05, 3.63) is 0 Å². The molecule has 0 aromatic heterocycles. The summed E-state index contributed by atoms with van der Waals surface area (Å²) in [6.07, 6.45) is 4.94. The maximum atomic E-state index is 12.9. The molecule has 0 bridgehead atoms. The molecule has 7 nitrogen and oxygen atoms in total. The molecule has 0 N–H and O–H groups in total. The molecular weight excluding hydrogens is 346 g/mol. The fraction of sp³-hybridized carbons (Fsp3) is 0.900. The maximum absolute atomic E-state index is 12.9. The van der Waals surface area contributed by atoms with E-state index in [0.29, 0.717) is 19.1 Å². The van der Waals surface area contributed by atoms with E-state index < -0.39 is 5.79 Å². The lowest BCUT2D eigenvalue weighted by molar-refractivity contribution is -0.188. The molecule has 7 heteroatoms. The van der Waals surface area contributed by atoms with Crippen molar-refractivity contribution in [2.45, 2.75) is 44.3 Å². The van der Waals surface area contributed by atoms with Crippen LogP contribution in [0.2, 0.25) is 0 Å². The van der Waals surface area contributed by atoms with Crippen LogP contribution in [0, 0.1) is 11.8 Å². The van der Waals surface area contributed by atoms with Gasteiger partial charge in [-0.3, -0.25) is 9.59 Å². The molecular formula is C20H33N3O4. The Morgan fingerprint density at radius 3 is 1.67 bits per heavy atom. The first-order valence-electron chi connectivity index (χ1n) is 10.6. The van der Waals surface area contributed by atoms with Crippen LogP contribution < -0.4 is 0 Å². The Morgan fingerprint density at radius 1 is 0.741 bits per heavy atom. The Balaban J connectivity index is 1.23. The highest BCUT2D eigenvalue weighted by atomic mass is 16.7. The molecule has 4 aliphatic rings. The van der Waals surface area contributed by atoms with Crippen molar-refractivity contribution in [3.63, 3.8) is 0 Å². The highest BCUT2D eigenvalue weighted by Crippen LogP contribution is 2.35. The lowest BCUT2D eigenvalue weighted by Gasteiger charge is -2.40. The zero-order chi connectivity index (χ0) is 18.9. The van der Waals surface area contributed by atoms with Crippen LogP contribution in [0.5, 0.6) is 0 Å². The second kappa shape index (κ2) is 8.05. The molecule has 1 saturated carbocycles. The van der Waals surface area contributed by atoms with E-state index in [2.05, 4.69) is 11.9 Å². The first-order chi connectivity index (χ1) is 13.1. The molecule has 2 amide bonds. The van der Waals surface area contributed by atoms with E-state index in [1.165, 1.54) is 0 Å². The van der Waals surface area contributed by atoms with Crippen LogP contribution in [-0.4, -0.2) is 91.8 Å². The molecule has 1 spiro atoms. The average Bonchev–Trinajstić information content (AvgIpc) is 3.16. The van der Waals surface area contributed by atoms with Gasteiger partial charge in [0.15, 0.2) is 5.79 Å². The molecule has 1 aliphatic carbocycles. The van der Waals surface area contributed by atoms with E-state index in [4.69, 9.17) is 9.47 Å². The highest BCUT2D eigenvalue weighted by molar-refractivity contribution is 5.81. The number of piperazine rings is 1. The molecule has 0 radical (unpaired) electrons. The average molecular weight is 380 g/mol. The third-order valence-electron chi connectivity index (χ3n) is 6.89. The van der Waals surface area contributed by atoms with Crippen molar-refractivity contribution in [2.75, 3.05) is 59.5 Å². The summed E-state index contributed by atoms with van der Waals surface area (Å²) in [7, 11) is 2.10. The van der Waals surface area contributed by atoms with Crippen LogP contribution >= 0.6 is 0 Å². The Bertz CT molecular complexity index is 537. The van der Waals surface area contributed by atoms with Gasteiger partial charge in [0.05, 0.1) is 13.2 Å². The van der Waals surface area contributed by atoms with E-state index >= 15 is 0 Å². The molecule has 27 heavy (non-hydrogen) atoms. The number of likely N-dealkylation sites (tertiary alicyclic amines) is 1. The molecule has 3 heterocycles. The molecule has 0 atom stereocenters. The summed E-state index contributed by atoms with van der Waals surface area (Å²) in [4.78, 5) is 32.0. The summed E-state index contributed by atoms with van der Waals surface area (Å²) in [6.45, 7) is 6.38. The summed E-state index contributed by atoms with van der Waals surface area (Å²) in [5, 5.41) is 0. The van der Waals surface area contributed by atoms with E-state index in [1.807, 2.05) is 9.80 Å². The Labute approximate surface area is 161 Å². The van der Waals surface area contributed by atoms with Gasteiger partial charge in [-0.25, -0.2) is 0 Å². The van der Waals surface area contributed by atoms with Crippen molar-refractivity contribution in [2.24, 2.45) is 11.8 Å². The summed E-state index contributed by atoms with van der Waals surface area (Å²) in [5.41, 5.74) is 0. The molecule has 3 aliphatic heterocycles. The second-order valence-corrected chi connectivity index (χ2v) is 8.61. The van der Waals surface area contributed by atoms with Gasteiger partial charge in [0.2, 0.25) is 11.8 Å². The van der Waals surface area contributed by atoms with Gasteiger partial charge >= 0.3 is 0 Å². The first kappa shape index (κ1) is 19.2. The van der Waals surface area contributed by atoms with Gasteiger partial charge in [0, 0.05) is 63.9 Å². The Morgan fingerprint density at radius 2 is 1.19 bits per heavy atom. The van der Waals surface area contributed by atoms with E-state index in [1.54, 1.807) is 0 Å². The first-order valence-corrected chi connectivity index (χ1v) is 10.6.